The lowest BCUT2D eigenvalue weighted by Gasteiger charge is -2.07. The van der Waals surface area contributed by atoms with Gasteiger partial charge < -0.3 is 9.47 Å². The Balaban J connectivity index is 2.16. The van der Waals surface area contributed by atoms with Gasteiger partial charge in [-0.05, 0) is 36.4 Å². The first kappa shape index (κ1) is 17.3. The third-order valence-electron chi connectivity index (χ3n) is 2.94. The van der Waals surface area contributed by atoms with E-state index in [0.29, 0.717) is 17.1 Å². The second-order valence-corrected chi connectivity index (χ2v) is 6.99. The number of nitrogens with one attached hydrogen (secondary N) is 1. The number of hydrogen-bond acceptors (Lipinski definition) is 5. The van der Waals surface area contributed by atoms with Crippen molar-refractivity contribution in [3.05, 3.63) is 52.5 Å². The van der Waals surface area contributed by atoms with Crippen LogP contribution in [0.2, 0.25) is 0 Å². The Kier molecular flexibility index (Phi) is 5.62. The first-order valence-corrected chi connectivity index (χ1v) is 8.76. The molecular formula is C15H15BrN2O4S. The number of hydrazone groups is 1. The van der Waals surface area contributed by atoms with E-state index < -0.39 is 10.0 Å². The summed E-state index contributed by atoms with van der Waals surface area (Å²) in [5.74, 6) is 1.16. The van der Waals surface area contributed by atoms with Crippen molar-refractivity contribution in [1.82, 2.24) is 4.83 Å². The second kappa shape index (κ2) is 7.47. The average molecular weight is 399 g/mol. The number of benzene rings is 2. The predicted octanol–water partition coefficient (Wildman–Crippen LogP) is 2.78. The van der Waals surface area contributed by atoms with Crippen molar-refractivity contribution in [2.45, 2.75) is 4.90 Å². The van der Waals surface area contributed by atoms with Crippen LogP contribution in [0.4, 0.5) is 0 Å². The Morgan fingerprint density at radius 2 is 1.78 bits per heavy atom. The van der Waals surface area contributed by atoms with E-state index in [1.807, 2.05) is 0 Å². The van der Waals surface area contributed by atoms with Gasteiger partial charge in [0.25, 0.3) is 10.0 Å². The highest BCUT2D eigenvalue weighted by atomic mass is 79.9. The van der Waals surface area contributed by atoms with Gasteiger partial charge in [0.1, 0.15) is 11.5 Å². The SMILES string of the molecule is COc1ccc(C=NNS(=O)(=O)c2ccc(Br)cc2)c(OC)c1. The third-order valence-corrected chi connectivity index (χ3v) is 4.71. The Labute approximate surface area is 143 Å². The topological polar surface area (TPSA) is 77.0 Å². The van der Waals surface area contributed by atoms with Gasteiger partial charge in [-0.3, -0.25) is 0 Å². The van der Waals surface area contributed by atoms with Crippen LogP contribution in [0.25, 0.3) is 0 Å². The Morgan fingerprint density at radius 3 is 2.39 bits per heavy atom. The maximum absolute atomic E-state index is 12.1. The Morgan fingerprint density at radius 1 is 1.09 bits per heavy atom. The largest absolute Gasteiger partial charge is 0.497 e. The minimum Gasteiger partial charge on any atom is -0.497 e. The minimum absolute atomic E-state index is 0.125. The lowest BCUT2D eigenvalue weighted by atomic mass is 10.2. The minimum atomic E-state index is -3.71. The summed E-state index contributed by atoms with van der Waals surface area (Å²) < 4.78 is 35.3. The van der Waals surface area contributed by atoms with Crippen LogP contribution >= 0.6 is 15.9 Å². The first-order chi connectivity index (χ1) is 11.0. The molecule has 6 nitrogen and oxygen atoms in total. The van der Waals surface area contributed by atoms with Crippen molar-refractivity contribution in [3.63, 3.8) is 0 Å². The zero-order valence-corrected chi connectivity index (χ0v) is 14.9. The fourth-order valence-corrected chi connectivity index (χ4v) is 2.81. The smallest absolute Gasteiger partial charge is 0.276 e. The van der Waals surface area contributed by atoms with Crippen LogP contribution in [-0.2, 0) is 10.0 Å². The van der Waals surface area contributed by atoms with Crippen LogP contribution in [0, 0.1) is 0 Å². The molecule has 122 valence electrons. The molecular weight excluding hydrogens is 384 g/mol. The highest BCUT2D eigenvalue weighted by Gasteiger charge is 2.12. The number of nitrogens with zero attached hydrogens (tertiary/aromatic N) is 1. The van der Waals surface area contributed by atoms with E-state index in [2.05, 4.69) is 25.9 Å². The van der Waals surface area contributed by atoms with Crippen molar-refractivity contribution in [2.75, 3.05) is 14.2 Å². The van der Waals surface area contributed by atoms with Crippen LogP contribution in [0.15, 0.2) is 56.9 Å². The average Bonchev–Trinajstić information content (AvgIpc) is 2.55. The molecule has 2 rings (SSSR count). The lowest BCUT2D eigenvalue weighted by Crippen LogP contribution is -2.18. The van der Waals surface area contributed by atoms with Crippen LogP contribution in [0.1, 0.15) is 5.56 Å². The van der Waals surface area contributed by atoms with Gasteiger partial charge in [0, 0.05) is 16.1 Å². The number of methoxy groups -OCH3 is 2. The normalized spacial score (nSPS) is 11.4. The van der Waals surface area contributed by atoms with Crippen LogP contribution < -0.4 is 14.3 Å². The molecule has 0 spiro atoms. The molecule has 0 unspecified atom stereocenters. The Hall–Kier alpha value is -2.06. The molecule has 0 saturated carbocycles. The standard InChI is InChI=1S/C15H15BrN2O4S/c1-21-13-6-3-11(15(9-13)22-2)10-17-18-23(19,20)14-7-4-12(16)5-8-14/h3-10,18H,1-2H3. The van der Waals surface area contributed by atoms with Crippen molar-refractivity contribution < 1.29 is 17.9 Å². The maximum atomic E-state index is 12.1. The number of halogens is 1. The van der Waals surface area contributed by atoms with Crippen LogP contribution in [0.3, 0.4) is 0 Å². The summed E-state index contributed by atoms with van der Waals surface area (Å²) in [5.41, 5.74) is 0.617. The summed E-state index contributed by atoms with van der Waals surface area (Å²) in [6.45, 7) is 0. The maximum Gasteiger partial charge on any atom is 0.276 e. The van der Waals surface area contributed by atoms with Crippen LogP contribution in [-0.4, -0.2) is 28.9 Å². The monoisotopic (exact) mass is 398 g/mol. The highest BCUT2D eigenvalue weighted by molar-refractivity contribution is 9.10. The van der Waals surface area contributed by atoms with E-state index in [0.717, 1.165) is 4.47 Å². The number of sulfonamides is 1. The first-order valence-electron chi connectivity index (χ1n) is 6.49. The molecule has 0 aromatic heterocycles. The van der Waals surface area contributed by atoms with Gasteiger partial charge in [0.15, 0.2) is 0 Å². The van der Waals surface area contributed by atoms with Gasteiger partial charge in [-0.2, -0.15) is 13.5 Å². The molecule has 2 aromatic rings. The van der Waals surface area contributed by atoms with Gasteiger partial charge in [-0.15, -0.1) is 0 Å². The molecule has 0 saturated heterocycles. The zero-order chi connectivity index (χ0) is 16.9. The van der Waals surface area contributed by atoms with Crippen molar-refractivity contribution in [2.24, 2.45) is 5.10 Å². The van der Waals surface area contributed by atoms with Crippen LogP contribution in [0.5, 0.6) is 11.5 Å². The number of ether oxygens (including phenoxy) is 2. The molecule has 0 fully saturated rings. The fraction of sp³-hybridized carbons (Fsp3) is 0.133. The zero-order valence-electron chi connectivity index (χ0n) is 12.5. The van der Waals surface area contributed by atoms with Crippen molar-refractivity contribution in [3.8, 4) is 11.5 Å². The van der Waals surface area contributed by atoms with Crippen molar-refractivity contribution in [1.29, 1.82) is 0 Å². The molecule has 0 atom stereocenters. The Bertz CT molecular complexity index is 805. The quantitative estimate of drug-likeness (QED) is 0.599. The van der Waals surface area contributed by atoms with Gasteiger partial charge in [0.2, 0.25) is 0 Å². The van der Waals surface area contributed by atoms with Gasteiger partial charge >= 0.3 is 0 Å². The molecule has 0 amide bonds. The molecule has 8 heteroatoms. The van der Waals surface area contributed by atoms with E-state index in [4.69, 9.17) is 9.47 Å². The molecule has 1 N–H and O–H groups in total. The van der Waals surface area contributed by atoms with E-state index in [1.165, 1.54) is 25.5 Å². The van der Waals surface area contributed by atoms with E-state index >= 15 is 0 Å². The highest BCUT2D eigenvalue weighted by Crippen LogP contribution is 2.23. The molecule has 0 aliphatic carbocycles. The van der Waals surface area contributed by atoms with Gasteiger partial charge in [-0.25, -0.2) is 4.83 Å². The molecule has 0 aliphatic heterocycles. The van der Waals surface area contributed by atoms with Gasteiger partial charge in [-0.1, -0.05) is 15.9 Å². The lowest BCUT2D eigenvalue weighted by molar-refractivity contribution is 0.394. The molecule has 23 heavy (non-hydrogen) atoms. The summed E-state index contributed by atoms with van der Waals surface area (Å²) in [6.07, 6.45) is 1.37. The third kappa shape index (κ3) is 4.46. The van der Waals surface area contributed by atoms with E-state index in [1.54, 1.807) is 37.4 Å². The summed E-state index contributed by atoms with van der Waals surface area (Å²) in [7, 11) is -0.651. The fourth-order valence-electron chi connectivity index (χ4n) is 1.76. The molecule has 0 bridgehead atoms. The molecule has 2 aromatic carbocycles. The molecule has 0 heterocycles. The number of hydrogen-bond donors (Lipinski definition) is 1. The summed E-state index contributed by atoms with van der Waals surface area (Å²) in [4.78, 5) is 2.29. The predicted molar refractivity (Wildman–Crippen MR) is 91.6 cm³/mol. The number of rotatable bonds is 6. The van der Waals surface area contributed by atoms with E-state index in [9.17, 15) is 8.42 Å². The molecule has 0 aliphatic rings. The second-order valence-electron chi connectivity index (χ2n) is 4.41. The summed E-state index contributed by atoms with van der Waals surface area (Å²) >= 11 is 3.25. The van der Waals surface area contributed by atoms with Gasteiger partial charge in [0.05, 0.1) is 25.3 Å². The summed E-state index contributed by atoms with van der Waals surface area (Å²) in [5, 5.41) is 3.78. The van der Waals surface area contributed by atoms with E-state index in [-0.39, 0.29) is 4.90 Å². The summed E-state index contributed by atoms with van der Waals surface area (Å²) in [6, 6.07) is 11.4. The van der Waals surface area contributed by atoms with Crippen molar-refractivity contribution >= 4 is 32.2 Å². The molecule has 0 radical (unpaired) electrons.